The number of methoxy groups -OCH3 is 1. The predicted molar refractivity (Wildman–Crippen MR) is 132 cm³/mol. The molecule has 0 radical (unpaired) electrons. The molecule has 2 aromatic carbocycles. The summed E-state index contributed by atoms with van der Waals surface area (Å²) >= 11 is 0. The van der Waals surface area contributed by atoms with Crippen molar-refractivity contribution in [3.8, 4) is 5.75 Å². The molecule has 3 N–H and O–H groups in total. The fraction of sp³-hybridized carbons (Fsp3) is 0.464. The first-order valence-electron chi connectivity index (χ1n) is 12.4. The van der Waals surface area contributed by atoms with Gasteiger partial charge in [-0.1, -0.05) is 12.1 Å². The predicted octanol–water partition coefficient (Wildman–Crippen LogP) is 5.03. The van der Waals surface area contributed by atoms with Crippen LogP contribution < -0.4 is 10.1 Å². The zero-order valence-electron chi connectivity index (χ0n) is 19.9. The van der Waals surface area contributed by atoms with Crippen LogP contribution in [-0.2, 0) is 6.54 Å². The Morgan fingerprint density at radius 2 is 2.00 bits per heavy atom. The van der Waals surface area contributed by atoms with Gasteiger partial charge in [0.15, 0.2) is 0 Å². The van der Waals surface area contributed by atoms with E-state index in [0.717, 1.165) is 37.6 Å². The molecule has 4 aliphatic rings. The fourth-order valence-corrected chi connectivity index (χ4v) is 6.60. The number of carboxylic acids is 1. The number of hydrogen-bond acceptors (Lipinski definition) is 4. The van der Waals surface area contributed by atoms with Crippen LogP contribution in [0.3, 0.4) is 0 Å². The van der Waals surface area contributed by atoms with Crippen LogP contribution in [0.15, 0.2) is 42.6 Å². The molecule has 2 atom stereocenters. The monoisotopic (exact) mass is 459 g/mol. The molecule has 2 bridgehead atoms. The van der Waals surface area contributed by atoms with Gasteiger partial charge in [-0.3, -0.25) is 4.90 Å². The van der Waals surface area contributed by atoms with E-state index in [2.05, 4.69) is 34.3 Å². The Balaban J connectivity index is 1.31. The number of carboxylic acid groups (broad SMARTS) is 1. The Hall–Kier alpha value is -2.83. The van der Waals surface area contributed by atoms with E-state index < -0.39 is 5.97 Å². The van der Waals surface area contributed by atoms with Crippen molar-refractivity contribution in [2.45, 2.75) is 63.2 Å². The van der Waals surface area contributed by atoms with Crippen molar-refractivity contribution in [3.63, 3.8) is 0 Å². The molecule has 7 rings (SSSR count). The van der Waals surface area contributed by atoms with E-state index in [1.165, 1.54) is 46.9 Å². The number of rotatable bonds is 7. The number of ether oxygens (including phenoxy) is 1. The van der Waals surface area contributed by atoms with Crippen LogP contribution in [0, 0.1) is 12.8 Å². The number of nitrogens with one attached hydrogen (secondary N) is 2. The van der Waals surface area contributed by atoms with Crippen LogP contribution in [0.4, 0.5) is 0 Å². The van der Waals surface area contributed by atoms with Crippen LogP contribution in [0.25, 0.3) is 10.9 Å². The van der Waals surface area contributed by atoms with Crippen molar-refractivity contribution in [1.29, 1.82) is 0 Å². The first kappa shape index (κ1) is 21.7. The topological polar surface area (TPSA) is 77.6 Å². The van der Waals surface area contributed by atoms with E-state index in [1.807, 2.05) is 18.3 Å². The summed E-state index contributed by atoms with van der Waals surface area (Å²) in [6, 6.07) is 12.5. The quantitative estimate of drug-likeness (QED) is 0.462. The van der Waals surface area contributed by atoms with Crippen LogP contribution in [0.1, 0.15) is 65.2 Å². The molecule has 6 nitrogen and oxygen atoms in total. The second-order valence-corrected chi connectivity index (χ2v) is 10.7. The van der Waals surface area contributed by atoms with Crippen molar-refractivity contribution in [1.82, 2.24) is 15.2 Å². The van der Waals surface area contributed by atoms with Gasteiger partial charge in [0.1, 0.15) is 5.75 Å². The van der Waals surface area contributed by atoms with Crippen molar-refractivity contribution in [3.05, 3.63) is 64.8 Å². The second-order valence-electron chi connectivity index (χ2n) is 10.7. The molecule has 178 valence electrons. The average Bonchev–Trinajstić information content (AvgIpc) is 3.28. The number of aromatic amines is 1. The van der Waals surface area contributed by atoms with Crippen molar-refractivity contribution in [2.24, 2.45) is 5.92 Å². The van der Waals surface area contributed by atoms with E-state index in [1.54, 1.807) is 19.2 Å². The van der Waals surface area contributed by atoms with E-state index in [9.17, 15) is 9.90 Å². The molecule has 0 spiro atoms. The van der Waals surface area contributed by atoms with Gasteiger partial charge in [0.2, 0.25) is 0 Å². The Kier molecular flexibility index (Phi) is 5.19. The van der Waals surface area contributed by atoms with Gasteiger partial charge in [0, 0.05) is 53.4 Å². The lowest BCUT2D eigenvalue weighted by molar-refractivity contribution is -0.0666. The van der Waals surface area contributed by atoms with Crippen molar-refractivity contribution < 1.29 is 14.6 Å². The van der Waals surface area contributed by atoms with Gasteiger partial charge in [0.05, 0.1) is 12.7 Å². The molecular formula is C28H33N3O3. The van der Waals surface area contributed by atoms with Gasteiger partial charge in [-0.05, 0) is 80.3 Å². The number of fused-ring (bicyclic) bond motifs is 1. The third-order valence-corrected chi connectivity index (χ3v) is 8.50. The maximum absolute atomic E-state index is 11.4. The Labute approximate surface area is 200 Å². The normalized spacial score (nSPS) is 28.4. The SMILES string of the molecule is COc1cc(C)c2[nH]ccc2c1CN1CCC(NC23CC(C2)C3)CC1c1ccc(C(=O)O)cc1. The molecule has 4 fully saturated rings. The van der Waals surface area contributed by atoms with Gasteiger partial charge in [0.25, 0.3) is 0 Å². The minimum atomic E-state index is -0.880. The Morgan fingerprint density at radius 1 is 1.24 bits per heavy atom. The first-order chi connectivity index (χ1) is 16.4. The summed E-state index contributed by atoms with van der Waals surface area (Å²) in [6.45, 7) is 3.90. The summed E-state index contributed by atoms with van der Waals surface area (Å²) in [4.78, 5) is 17.3. The molecule has 1 aliphatic heterocycles. The van der Waals surface area contributed by atoms with Crippen molar-refractivity contribution in [2.75, 3.05) is 13.7 Å². The molecule has 3 aromatic rings. The highest BCUT2D eigenvalue weighted by atomic mass is 16.5. The summed E-state index contributed by atoms with van der Waals surface area (Å²) in [5, 5.41) is 14.6. The van der Waals surface area contributed by atoms with Crippen molar-refractivity contribution >= 4 is 16.9 Å². The summed E-state index contributed by atoms with van der Waals surface area (Å²) < 4.78 is 5.82. The van der Waals surface area contributed by atoms with E-state index in [0.29, 0.717) is 17.1 Å². The van der Waals surface area contributed by atoms with E-state index >= 15 is 0 Å². The van der Waals surface area contributed by atoms with Gasteiger partial charge in [-0.2, -0.15) is 0 Å². The molecule has 1 aromatic heterocycles. The molecule has 2 heterocycles. The molecule has 1 saturated heterocycles. The number of piperidine rings is 1. The maximum atomic E-state index is 11.4. The minimum Gasteiger partial charge on any atom is -0.496 e. The standard InChI is InChI=1S/C28H33N3O3/c1-17-11-25(34-2)23(22-7-9-29-26(17)22)16-31-10-8-21(30-28-13-18(14-28)15-28)12-24(31)19-3-5-20(6-4-19)27(32)33/h3-7,9,11,18,21,24,29-30H,8,10,12-16H2,1-2H3,(H,32,33). The number of carbonyl (C=O) groups is 1. The molecule has 0 amide bonds. The number of hydrogen-bond donors (Lipinski definition) is 3. The number of likely N-dealkylation sites (tertiary alicyclic amines) is 1. The maximum Gasteiger partial charge on any atom is 0.335 e. The highest BCUT2D eigenvalue weighted by Gasteiger charge is 2.57. The number of H-pyrrole nitrogens is 1. The number of benzene rings is 2. The van der Waals surface area contributed by atoms with Crippen LogP contribution >= 0.6 is 0 Å². The Morgan fingerprint density at radius 3 is 2.65 bits per heavy atom. The lowest BCUT2D eigenvalue weighted by Gasteiger charge is -2.64. The third kappa shape index (κ3) is 3.60. The number of aryl methyl sites for hydroxylation is 1. The molecular weight excluding hydrogens is 426 g/mol. The van der Waals surface area contributed by atoms with Gasteiger partial charge >= 0.3 is 5.97 Å². The summed E-state index contributed by atoms with van der Waals surface area (Å²) in [5.74, 6) is 1.01. The highest BCUT2D eigenvalue weighted by Crippen LogP contribution is 2.57. The molecule has 34 heavy (non-hydrogen) atoms. The van der Waals surface area contributed by atoms with Gasteiger partial charge < -0.3 is 20.1 Å². The summed E-state index contributed by atoms with van der Waals surface area (Å²) in [6.07, 6.45) is 8.19. The second kappa shape index (κ2) is 8.14. The smallest absolute Gasteiger partial charge is 0.335 e. The minimum absolute atomic E-state index is 0.224. The lowest BCUT2D eigenvalue weighted by Crippen LogP contribution is -2.69. The fourth-order valence-electron chi connectivity index (χ4n) is 6.60. The average molecular weight is 460 g/mol. The molecule has 2 unspecified atom stereocenters. The number of aromatic nitrogens is 1. The Bertz CT molecular complexity index is 1210. The highest BCUT2D eigenvalue weighted by molar-refractivity contribution is 5.88. The van der Waals surface area contributed by atoms with E-state index in [4.69, 9.17) is 4.74 Å². The third-order valence-electron chi connectivity index (χ3n) is 8.50. The molecule has 3 saturated carbocycles. The molecule has 3 aliphatic carbocycles. The number of aromatic carboxylic acids is 1. The van der Waals surface area contributed by atoms with Crippen LogP contribution in [0.2, 0.25) is 0 Å². The zero-order valence-corrected chi connectivity index (χ0v) is 19.9. The first-order valence-corrected chi connectivity index (χ1v) is 12.4. The largest absolute Gasteiger partial charge is 0.496 e. The molecule has 6 heteroatoms. The van der Waals surface area contributed by atoms with Crippen LogP contribution in [0.5, 0.6) is 5.75 Å². The number of nitrogens with zero attached hydrogens (tertiary/aromatic N) is 1. The zero-order chi connectivity index (χ0) is 23.4. The van der Waals surface area contributed by atoms with Crippen LogP contribution in [-0.4, -0.2) is 46.2 Å². The van der Waals surface area contributed by atoms with Gasteiger partial charge in [-0.15, -0.1) is 0 Å². The lowest BCUT2D eigenvalue weighted by atomic mass is 9.49. The summed E-state index contributed by atoms with van der Waals surface area (Å²) in [7, 11) is 1.75. The summed E-state index contributed by atoms with van der Waals surface area (Å²) in [5.41, 5.74) is 5.49. The van der Waals surface area contributed by atoms with E-state index in [-0.39, 0.29) is 6.04 Å². The van der Waals surface area contributed by atoms with Gasteiger partial charge in [-0.25, -0.2) is 4.79 Å².